The number of carbonyl (C=O) groups excluding carboxylic acids is 1. The molecule has 0 spiro atoms. The van der Waals surface area contributed by atoms with E-state index >= 15 is 0 Å². The molecular weight excluding hydrogens is 405 g/mol. The smallest absolute Gasteiger partial charge is 0.325 e. The van der Waals surface area contributed by atoms with E-state index in [4.69, 9.17) is 5.11 Å². The molecule has 29 heavy (non-hydrogen) atoms. The number of nitrogens with one attached hydrogen (secondary N) is 1. The van der Waals surface area contributed by atoms with Crippen LogP contribution < -0.4 is 5.32 Å². The van der Waals surface area contributed by atoms with Gasteiger partial charge in [-0.2, -0.15) is 10.2 Å². The lowest BCUT2D eigenvalue weighted by atomic mass is 10.1. The van der Waals surface area contributed by atoms with Crippen LogP contribution in [0.5, 0.6) is 0 Å². The van der Waals surface area contributed by atoms with Gasteiger partial charge in [0.25, 0.3) is 5.91 Å². The largest absolute Gasteiger partial charge is 0.480 e. The van der Waals surface area contributed by atoms with E-state index in [1.807, 2.05) is 0 Å². The molecule has 0 atom stereocenters. The summed E-state index contributed by atoms with van der Waals surface area (Å²) in [5, 5.41) is 18.5. The minimum absolute atomic E-state index is 0.0296. The normalized spacial score (nSPS) is 10.9. The van der Waals surface area contributed by atoms with Crippen LogP contribution >= 0.6 is 0 Å². The molecular formula is C16H10F5N5O3. The molecule has 2 heterocycles. The third kappa shape index (κ3) is 3.93. The molecule has 2 aromatic heterocycles. The van der Waals surface area contributed by atoms with Crippen molar-refractivity contribution in [1.29, 1.82) is 0 Å². The zero-order chi connectivity index (χ0) is 21.3. The molecule has 152 valence electrons. The van der Waals surface area contributed by atoms with Crippen molar-refractivity contribution in [3.63, 3.8) is 0 Å². The summed E-state index contributed by atoms with van der Waals surface area (Å²) in [6, 6.07) is 1.26. The molecule has 13 heteroatoms. The number of rotatable bonds is 6. The predicted molar refractivity (Wildman–Crippen MR) is 85.4 cm³/mol. The molecule has 0 saturated carbocycles. The Kier molecular flexibility index (Phi) is 5.30. The van der Waals surface area contributed by atoms with Gasteiger partial charge >= 0.3 is 5.97 Å². The zero-order valence-corrected chi connectivity index (χ0v) is 14.2. The number of carboxylic acid groups (broad SMARTS) is 1. The Balaban J connectivity index is 1.78. The van der Waals surface area contributed by atoms with Crippen molar-refractivity contribution >= 4 is 17.6 Å². The number of carboxylic acids is 1. The standard InChI is InChI=1S/C16H10F5N5O3/c17-11-8(12(18)14(20)15(21)13(11)19)5-25-4-7(3-23-25)24-16(29)9-1-2-22-26(9)6-10(27)28/h1-4H,5-6H2,(H,24,29)(H,27,28). The maximum absolute atomic E-state index is 13.8. The Morgan fingerprint density at radius 1 is 1.00 bits per heavy atom. The van der Waals surface area contributed by atoms with Gasteiger partial charge in [-0.25, -0.2) is 26.6 Å². The average Bonchev–Trinajstić information content (AvgIpc) is 3.31. The van der Waals surface area contributed by atoms with E-state index < -0.39 is 59.6 Å². The molecule has 8 nitrogen and oxygen atoms in total. The van der Waals surface area contributed by atoms with E-state index in [1.54, 1.807) is 0 Å². The first kappa shape index (κ1) is 20.0. The van der Waals surface area contributed by atoms with Gasteiger partial charge in [-0.05, 0) is 6.07 Å². The van der Waals surface area contributed by atoms with E-state index in [-0.39, 0.29) is 11.4 Å². The highest BCUT2D eigenvalue weighted by Gasteiger charge is 2.26. The van der Waals surface area contributed by atoms with Crippen molar-refractivity contribution in [3.8, 4) is 0 Å². The summed E-state index contributed by atoms with van der Waals surface area (Å²) in [5.41, 5.74) is -1.15. The molecule has 0 bridgehead atoms. The lowest BCUT2D eigenvalue weighted by molar-refractivity contribution is -0.137. The second-order valence-corrected chi connectivity index (χ2v) is 5.70. The van der Waals surface area contributed by atoms with Crippen LogP contribution in [0.15, 0.2) is 24.7 Å². The highest BCUT2D eigenvalue weighted by atomic mass is 19.2. The Morgan fingerprint density at radius 3 is 2.24 bits per heavy atom. The Morgan fingerprint density at radius 2 is 1.62 bits per heavy atom. The van der Waals surface area contributed by atoms with Crippen molar-refractivity contribution in [2.75, 3.05) is 5.32 Å². The molecule has 0 aliphatic heterocycles. The van der Waals surface area contributed by atoms with Gasteiger partial charge in [0.2, 0.25) is 5.82 Å². The molecule has 0 unspecified atom stereocenters. The Hall–Kier alpha value is -3.77. The van der Waals surface area contributed by atoms with Crippen LogP contribution in [0.3, 0.4) is 0 Å². The van der Waals surface area contributed by atoms with Gasteiger partial charge in [-0.1, -0.05) is 0 Å². The third-order valence-corrected chi connectivity index (χ3v) is 3.75. The number of hydrogen-bond donors (Lipinski definition) is 2. The van der Waals surface area contributed by atoms with Gasteiger partial charge in [-0.3, -0.25) is 14.3 Å². The molecule has 0 saturated heterocycles. The molecule has 1 aromatic carbocycles. The van der Waals surface area contributed by atoms with Crippen LogP contribution in [0.1, 0.15) is 16.1 Å². The molecule has 3 rings (SSSR count). The third-order valence-electron chi connectivity index (χ3n) is 3.75. The Labute approximate surface area is 158 Å². The van der Waals surface area contributed by atoms with Crippen LogP contribution in [-0.2, 0) is 17.9 Å². The van der Waals surface area contributed by atoms with Gasteiger partial charge in [0.1, 0.15) is 12.2 Å². The number of nitrogens with zero attached hydrogens (tertiary/aromatic N) is 4. The lowest BCUT2D eigenvalue weighted by Crippen LogP contribution is -2.20. The van der Waals surface area contributed by atoms with E-state index in [0.717, 1.165) is 21.8 Å². The number of anilines is 1. The summed E-state index contributed by atoms with van der Waals surface area (Å²) >= 11 is 0. The average molecular weight is 415 g/mol. The first-order chi connectivity index (χ1) is 13.7. The van der Waals surface area contributed by atoms with Crippen molar-refractivity contribution in [1.82, 2.24) is 19.6 Å². The van der Waals surface area contributed by atoms with Gasteiger partial charge in [0.15, 0.2) is 23.3 Å². The van der Waals surface area contributed by atoms with Crippen LogP contribution in [0.25, 0.3) is 0 Å². The number of aromatic nitrogens is 4. The summed E-state index contributed by atoms with van der Waals surface area (Å²) in [5.74, 6) is -12.4. The van der Waals surface area contributed by atoms with Gasteiger partial charge < -0.3 is 10.4 Å². The van der Waals surface area contributed by atoms with Crippen LogP contribution in [-0.4, -0.2) is 36.5 Å². The highest BCUT2D eigenvalue weighted by molar-refractivity contribution is 6.03. The zero-order valence-electron chi connectivity index (χ0n) is 14.2. The van der Waals surface area contributed by atoms with E-state index in [1.165, 1.54) is 12.3 Å². The summed E-state index contributed by atoms with van der Waals surface area (Å²) in [6.45, 7) is -1.35. The van der Waals surface area contributed by atoms with Gasteiger partial charge in [0, 0.05) is 12.4 Å². The van der Waals surface area contributed by atoms with Crippen LogP contribution in [0.4, 0.5) is 27.6 Å². The summed E-state index contributed by atoms with van der Waals surface area (Å²) in [4.78, 5) is 23.0. The first-order valence-corrected chi connectivity index (χ1v) is 7.76. The number of aliphatic carboxylic acids is 1. The minimum Gasteiger partial charge on any atom is -0.480 e. The molecule has 0 fully saturated rings. The fraction of sp³-hybridized carbons (Fsp3) is 0.125. The summed E-state index contributed by atoms with van der Waals surface area (Å²) in [6.07, 6.45) is 3.38. The molecule has 2 N–H and O–H groups in total. The second-order valence-electron chi connectivity index (χ2n) is 5.70. The summed E-state index contributed by atoms with van der Waals surface area (Å²) < 4.78 is 68.9. The molecule has 0 radical (unpaired) electrons. The number of benzene rings is 1. The molecule has 0 aliphatic rings. The molecule has 1 amide bonds. The lowest BCUT2D eigenvalue weighted by Gasteiger charge is -2.08. The monoisotopic (exact) mass is 415 g/mol. The van der Waals surface area contributed by atoms with Crippen LogP contribution in [0.2, 0.25) is 0 Å². The minimum atomic E-state index is -2.27. The number of halogens is 5. The number of amides is 1. The quantitative estimate of drug-likeness (QED) is 0.365. The topological polar surface area (TPSA) is 102 Å². The molecule has 0 aliphatic carbocycles. The van der Waals surface area contributed by atoms with Crippen molar-refractivity contribution in [2.24, 2.45) is 0 Å². The number of carbonyl (C=O) groups is 2. The predicted octanol–water partition coefficient (Wildman–Crippen LogP) is 2.16. The second kappa shape index (κ2) is 7.69. The first-order valence-electron chi connectivity index (χ1n) is 7.76. The maximum Gasteiger partial charge on any atom is 0.325 e. The highest BCUT2D eigenvalue weighted by Crippen LogP contribution is 2.24. The van der Waals surface area contributed by atoms with Crippen molar-refractivity contribution in [2.45, 2.75) is 13.1 Å². The SMILES string of the molecule is O=C(O)Cn1nccc1C(=O)Nc1cnn(Cc2c(F)c(F)c(F)c(F)c2F)c1. The maximum atomic E-state index is 13.8. The van der Waals surface area contributed by atoms with Crippen LogP contribution in [0, 0.1) is 29.1 Å². The van der Waals surface area contributed by atoms with Crippen molar-refractivity contribution < 1.29 is 36.6 Å². The molecule has 3 aromatic rings. The van der Waals surface area contributed by atoms with Gasteiger partial charge in [0.05, 0.1) is 24.0 Å². The van der Waals surface area contributed by atoms with E-state index in [9.17, 15) is 31.5 Å². The van der Waals surface area contributed by atoms with E-state index in [2.05, 4.69) is 15.5 Å². The summed E-state index contributed by atoms with van der Waals surface area (Å²) in [7, 11) is 0. The Bertz CT molecular complexity index is 1080. The number of hydrogen-bond acceptors (Lipinski definition) is 4. The fourth-order valence-electron chi connectivity index (χ4n) is 2.44. The fourth-order valence-corrected chi connectivity index (χ4v) is 2.44. The van der Waals surface area contributed by atoms with Crippen molar-refractivity contribution in [3.05, 3.63) is 65.0 Å². The van der Waals surface area contributed by atoms with Gasteiger partial charge in [-0.15, -0.1) is 0 Å². The van der Waals surface area contributed by atoms with E-state index in [0.29, 0.717) is 0 Å².